The number of aromatic nitrogens is 2. The molecule has 0 spiro atoms. The summed E-state index contributed by atoms with van der Waals surface area (Å²) in [6.07, 6.45) is 3.74. The van der Waals surface area contributed by atoms with Crippen LogP contribution in [0.2, 0.25) is 0 Å². The summed E-state index contributed by atoms with van der Waals surface area (Å²) in [6, 6.07) is 0. The van der Waals surface area contributed by atoms with Gasteiger partial charge in [-0.25, -0.2) is 9.78 Å². The van der Waals surface area contributed by atoms with E-state index in [4.69, 9.17) is 5.11 Å². The lowest BCUT2D eigenvalue weighted by atomic mass is 10.4. The molecule has 1 aliphatic heterocycles. The third-order valence-electron chi connectivity index (χ3n) is 2.57. The first kappa shape index (κ1) is 9.05. The molecule has 0 amide bonds. The van der Waals surface area contributed by atoms with Crippen molar-refractivity contribution >= 4 is 11.9 Å². The van der Waals surface area contributed by atoms with Gasteiger partial charge in [-0.05, 0) is 12.8 Å². The van der Waals surface area contributed by atoms with Gasteiger partial charge in [0.2, 0.25) is 5.95 Å². The van der Waals surface area contributed by atoms with E-state index in [1.165, 1.54) is 6.20 Å². The minimum Gasteiger partial charge on any atom is -0.477 e. The number of carbonyl (C=O) groups is 1. The molecule has 1 N–H and O–H groups in total. The van der Waals surface area contributed by atoms with Crippen LogP contribution in [0.3, 0.4) is 0 Å². The molecule has 1 saturated heterocycles. The number of nitrogens with zero attached hydrogens (tertiary/aromatic N) is 3. The van der Waals surface area contributed by atoms with Crippen molar-refractivity contribution in [1.82, 2.24) is 9.55 Å². The Kier molecular flexibility index (Phi) is 2.15. The van der Waals surface area contributed by atoms with Crippen LogP contribution in [0.5, 0.6) is 0 Å². The monoisotopic (exact) mass is 195 g/mol. The van der Waals surface area contributed by atoms with Gasteiger partial charge in [0.25, 0.3) is 0 Å². The lowest BCUT2D eigenvalue weighted by Gasteiger charge is -2.16. The molecular formula is C9H13N3O2. The zero-order chi connectivity index (χ0) is 10.1. The number of anilines is 1. The number of carboxylic acid groups (broad SMARTS) is 1. The number of aromatic carboxylic acids is 1. The van der Waals surface area contributed by atoms with Gasteiger partial charge >= 0.3 is 5.97 Å². The van der Waals surface area contributed by atoms with E-state index in [1.54, 1.807) is 11.6 Å². The van der Waals surface area contributed by atoms with Gasteiger partial charge in [0.15, 0.2) is 0 Å². The van der Waals surface area contributed by atoms with Crippen LogP contribution in [-0.2, 0) is 7.05 Å². The minimum atomic E-state index is -0.926. The maximum absolute atomic E-state index is 10.8. The van der Waals surface area contributed by atoms with E-state index >= 15 is 0 Å². The summed E-state index contributed by atoms with van der Waals surface area (Å²) in [5, 5.41) is 8.84. The summed E-state index contributed by atoms with van der Waals surface area (Å²) in [5.41, 5.74) is 0.242. The second-order valence-electron chi connectivity index (χ2n) is 3.50. The van der Waals surface area contributed by atoms with E-state index in [1.807, 2.05) is 0 Å². The Morgan fingerprint density at radius 3 is 2.64 bits per heavy atom. The van der Waals surface area contributed by atoms with Crippen molar-refractivity contribution < 1.29 is 9.90 Å². The van der Waals surface area contributed by atoms with Gasteiger partial charge in [-0.2, -0.15) is 0 Å². The third kappa shape index (κ3) is 1.34. The van der Waals surface area contributed by atoms with Crippen LogP contribution >= 0.6 is 0 Å². The first-order valence-corrected chi connectivity index (χ1v) is 4.70. The molecule has 0 radical (unpaired) electrons. The highest BCUT2D eigenvalue weighted by molar-refractivity contribution is 5.86. The van der Waals surface area contributed by atoms with Gasteiger partial charge in [0, 0.05) is 20.1 Å². The molecule has 1 fully saturated rings. The van der Waals surface area contributed by atoms with Crippen molar-refractivity contribution in [1.29, 1.82) is 0 Å². The Hall–Kier alpha value is -1.52. The average molecular weight is 195 g/mol. The van der Waals surface area contributed by atoms with Gasteiger partial charge in [-0.15, -0.1) is 0 Å². The van der Waals surface area contributed by atoms with Crippen molar-refractivity contribution in [3.8, 4) is 0 Å². The van der Waals surface area contributed by atoms with Gasteiger partial charge in [-0.1, -0.05) is 0 Å². The number of carboxylic acids is 1. The average Bonchev–Trinajstić information content (AvgIpc) is 2.71. The number of hydrogen-bond acceptors (Lipinski definition) is 3. The summed E-state index contributed by atoms with van der Waals surface area (Å²) in [6.45, 7) is 1.95. The molecule has 0 unspecified atom stereocenters. The Bertz CT molecular complexity index is 353. The van der Waals surface area contributed by atoms with Crippen LogP contribution in [0.1, 0.15) is 23.3 Å². The molecule has 1 aliphatic rings. The third-order valence-corrected chi connectivity index (χ3v) is 2.57. The Morgan fingerprint density at radius 2 is 2.14 bits per heavy atom. The van der Waals surface area contributed by atoms with E-state index in [2.05, 4.69) is 9.88 Å². The van der Waals surface area contributed by atoms with Crippen molar-refractivity contribution in [3.05, 3.63) is 11.9 Å². The highest BCUT2D eigenvalue weighted by Gasteiger charge is 2.19. The van der Waals surface area contributed by atoms with Crippen LogP contribution < -0.4 is 4.90 Å². The molecule has 14 heavy (non-hydrogen) atoms. The fourth-order valence-electron chi connectivity index (χ4n) is 1.81. The predicted molar refractivity (Wildman–Crippen MR) is 51.6 cm³/mol. The van der Waals surface area contributed by atoms with Gasteiger partial charge in [0.05, 0.1) is 6.20 Å². The summed E-state index contributed by atoms with van der Waals surface area (Å²) < 4.78 is 1.63. The van der Waals surface area contributed by atoms with E-state index in [9.17, 15) is 4.79 Å². The SMILES string of the molecule is Cn1c(C(=O)O)cnc1N1CCCC1. The summed E-state index contributed by atoms with van der Waals surface area (Å²) in [7, 11) is 1.74. The first-order chi connectivity index (χ1) is 6.70. The Labute approximate surface area is 82.0 Å². The van der Waals surface area contributed by atoms with Crippen molar-refractivity contribution in [3.63, 3.8) is 0 Å². The van der Waals surface area contributed by atoms with Crippen molar-refractivity contribution in [2.24, 2.45) is 7.05 Å². The molecule has 0 bridgehead atoms. The second-order valence-corrected chi connectivity index (χ2v) is 3.50. The maximum Gasteiger partial charge on any atom is 0.354 e. The quantitative estimate of drug-likeness (QED) is 0.755. The standard InChI is InChI=1S/C9H13N3O2/c1-11-7(8(13)14)6-10-9(11)12-4-2-3-5-12/h6H,2-5H2,1H3,(H,13,14). The predicted octanol–water partition coefficient (Wildman–Crippen LogP) is 0.718. The molecule has 0 atom stereocenters. The van der Waals surface area contributed by atoms with Crippen LogP contribution in [0.15, 0.2) is 6.20 Å². The maximum atomic E-state index is 10.8. The minimum absolute atomic E-state index is 0.242. The van der Waals surface area contributed by atoms with E-state index in [-0.39, 0.29) is 5.69 Å². The molecule has 76 valence electrons. The highest BCUT2D eigenvalue weighted by atomic mass is 16.4. The van der Waals surface area contributed by atoms with Crippen LogP contribution in [0.4, 0.5) is 5.95 Å². The van der Waals surface area contributed by atoms with Gasteiger partial charge in [-0.3, -0.25) is 0 Å². The molecule has 0 aliphatic carbocycles. The smallest absolute Gasteiger partial charge is 0.354 e. The number of imidazole rings is 1. The molecule has 5 heteroatoms. The zero-order valence-corrected chi connectivity index (χ0v) is 8.10. The van der Waals surface area contributed by atoms with E-state index in [0.29, 0.717) is 0 Å². The Morgan fingerprint density at radius 1 is 1.50 bits per heavy atom. The normalized spacial score (nSPS) is 16.2. The molecule has 0 aromatic carbocycles. The summed E-state index contributed by atoms with van der Waals surface area (Å²) in [5.74, 6) is -0.162. The van der Waals surface area contributed by atoms with Crippen LogP contribution in [0, 0.1) is 0 Å². The molecule has 1 aromatic rings. The summed E-state index contributed by atoms with van der Waals surface area (Å²) >= 11 is 0. The molecular weight excluding hydrogens is 182 g/mol. The topological polar surface area (TPSA) is 58.4 Å². The number of hydrogen-bond donors (Lipinski definition) is 1. The highest BCUT2D eigenvalue weighted by Crippen LogP contribution is 2.18. The number of rotatable bonds is 2. The second kappa shape index (κ2) is 3.32. The van der Waals surface area contributed by atoms with E-state index in [0.717, 1.165) is 31.9 Å². The molecule has 1 aromatic heterocycles. The molecule has 0 saturated carbocycles. The Balaban J connectivity index is 2.30. The largest absolute Gasteiger partial charge is 0.477 e. The zero-order valence-electron chi connectivity index (χ0n) is 8.10. The fourth-order valence-corrected chi connectivity index (χ4v) is 1.81. The van der Waals surface area contributed by atoms with Gasteiger partial charge < -0.3 is 14.6 Å². The summed E-state index contributed by atoms with van der Waals surface area (Å²) in [4.78, 5) is 17.0. The fraction of sp³-hybridized carbons (Fsp3) is 0.556. The van der Waals surface area contributed by atoms with Crippen LogP contribution in [0.25, 0.3) is 0 Å². The lowest BCUT2D eigenvalue weighted by Crippen LogP contribution is -2.22. The van der Waals surface area contributed by atoms with E-state index < -0.39 is 5.97 Å². The van der Waals surface area contributed by atoms with Crippen molar-refractivity contribution in [2.75, 3.05) is 18.0 Å². The molecule has 2 rings (SSSR count). The molecule has 5 nitrogen and oxygen atoms in total. The van der Waals surface area contributed by atoms with Crippen molar-refractivity contribution in [2.45, 2.75) is 12.8 Å². The first-order valence-electron chi connectivity index (χ1n) is 4.70. The van der Waals surface area contributed by atoms with Gasteiger partial charge in [0.1, 0.15) is 5.69 Å². The lowest BCUT2D eigenvalue weighted by molar-refractivity contribution is 0.0686. The van der Waals surface area contributed by atoms with Crippen LogP contribution in [-0.4, -0.2) is 33.7 Å². The molecule has 2 heterocycles.